The molecule has 1 heterocycles. The number of aryl methyl sites for hydroxylation is 1. The quantitative estimate of drug-likeness (QED) is 0.691. The zero-order valence-electron chi connectivity index (χ0n) is 13.7. The van der Waals surface area contributed by atoms with Crippen molar-refractivity contribution in [3.63, 3.8) is 0 Å². The lowest BCUT2D eigenvalue weighted by Gasteiger charge is -2.04. The maximum absolute atomic E-state index is 12.3. The van der Waals surface area contributed by atoms with Gasteiger partial charge in [-0.15, -0.1) is 11.8 Å². The summed E-state index contributed by atoms with van der Waals surface area (Å²) in [5.74, 6) is -0.158. The summed E-state index contributed by atoms with van der Waals surface area (Å²) in [5.41, 5.74) is 4.48. The Morgan fingerprint density at radius 2 is 1.83 bits per heavy atom. The summed E-state index contributed by atoms with van der Waals surface area (Å²) in [7, 11) is 0. The van der Waals surface area contributed by atoms with Crippen molar-refractivity contribution in [1.29, 1.82) is 0 Å². The maximum atomic E-state index is 12.3. The molecule has 24 heavy (non-hydrogen) atoms. The number of nitrogens with one attached hydrogen (secondary N) is 2. The third-order valence-corrected chi connectivity index (χ3v) is 4.53. The molecule has 0 aliphatic heterocycles. The molecule has 0 spiro atoms. The lowest BCUT2D eigenvalue weighted by atomic mass is 10.1. The zero-order chi connectivity index (χ0) is 16.9. The summed E-state index contributed by atoms with van der Waals surface area (Å²) in [6.07, 6.45) is 2.04. The Kier molecular flexibility index (Phi) is 5.01. The number of carbonyl (C=O) groups excluding carboxylic acids is 1. The van der Waals surface area contributed by atoms with Crippen molar-refractivity contribution in [3.05, 3.63) is 71.4 Å². The average Bonchev–Trinajstić information content (AvgIpc) is 3.11. The summed E-state index contributed by atoms with van der Waals surface area (Å²) >= 11 is 1.70. The number of thioether (sulfide) groups is 1. The van der Waals surface area contributed by atoms with E-state index in [1.165, 1.54) is 10.5 Å². The second kappa shape index (κ2) is 7.36. The van der Waals surface area contributed by atoms with E-state index in [-0.39, 0.29) is 5.91 Å². The molecule has 4 nitrogen and oxygen atoms in total. The maximum Gasteiger partial charge on any atom is 0.269 e. The summed E-state index contributed by atoms with van der Waals surface area (Å²) in [6, 6.07) is 18.0. The molecule has 0 bridgehead atoms. The molecule has 0 radical (unpaired) electrons. The third kappa shape index (κ3) is 3.86. The van der Waals surface area contributed by atoms with Crippen LogP contribution in [0.4, 0.5) is 0 Å². The fraction of sp³-hybridized carbons (Fsp3) is 0.158. The summed E-state index contributed by atoms with van der Waals surface area (Å²) in [4.78, 5) is 13.5. The van der Waals surface area contributed by atoms with Gasteiger partial charge in [-0.1, -0.05) is 42.0 Å². The monoisotopic (exact) mass is 337 g/mol. The normalized spacial score (nSPS) is 10.6. The SMILES string of the molecule is CSc1ccc(CNC(=O)c2cc(-c3ccc(C)cc3)n[nH]2)cc1. The third-order valence-electron chi connectivity index (χ3n) is 3.78. The molecule has 122 valence electrons. The standard InChI is InChI=1S/C19H19N3OS/c1-13-3-7-15(8-4-13)17-11-18(22-21-17)19(23)20-12-14-5-9-16(24-2)10-6-14/h3-11H,12H2,1-2H3,(H,20,23)(H,21,22). The molecule has 1 amide bonds. The van der Waals surface area contributed by atoms with Crippen LogP contribution in [0.15, 0.2) is 59.5 Å². The van der Waals surface area contributed by atoms with E-state index in [1.807, 2.05) is 49.6 Å². The molecule has 3 aromatic rings. The van der Waals surface area contributed by atoms with E-state index in [2.05, 4.69) is 27.6 Å². The second-order valence-corrected chi connectivity index (χ2v) is 6.44. The first kappa shape index (κ1) is 16.3. The fourth-order valence-electron chi connectivity index (χ4n) is 2.33. The van der Waals surface area contributed by atoms with Crippen LogP contribution in [0, 0.1) is 6.92 Å². The first-order chi connectivity index (χ1) is 11.7. The van der Waals surface area contributed by atoms with E-state index in [4.69, 9.17) is 0 Å². The van der Waals surface area contributed by atoms with Gasteiger partial charge in [-0.3, -0.25) is 9.89 Å². The van der Waals surface area contributed by atoms with Gasteiger partial charge in [0.2, 0.25) is 0 Å². The molecule has 5 heteroatoms. The minimum absolute atomic E-state index is 0.158. The highest BCUT2D eigenvalue weighted by molar-refractivity contribution is 7.98. The highest BCUT2D eigenvalue weighted by Gasteiger charge is 2.10. The van der Waals surface area contributed by atoms with Gasteiger partial charge in [0.15, 0.2) is 0 Å². The van der Waals surface area contributed by atoms with Crippen molar-refractivity contribution in [2.75, 3.05) is 6.26 Å². The number of carbonyl (C=O) groups is 1. The Labute approximate surface area is 145 Å². The molecule has 0 fully saturated rings. The number of hydrogen-bond acceptors (Lipinski definition) is 3. The fourth-order valence-corrected chi connectivity index (χ4v) is 2.74. The van der Waals surface area contributed by atoms with Crippen LogP contribution in [0.3, 0.4) is 0 Å². The summed E-state index contributed by atoms with van der Waals surface area (Å²) < 4.78 is 0. The molecule has 0 saturated heterocycles. The van der Waals surface area contributed by atoms with Crippen LogP contribution in [0.5, 0.6) is 0 Å². The number of hydrogen-bond donors (Lipinski definition) is 2. The number of aromatic amines is 1. The minimum Gasteiger partial charge on any atom is -0.347 e. The molecule has 2 aromatic carbocycles. The predicted molar refractivity (Wildman–Crippen MR) is 98.2 cm³/mol. The molecule has 2 N–H and O–H groups in total. The number of nitrogens with zero attached hydrogens (tertiary/aromatic N) is 1. The number of aromatic nitrogens is 2. The Morgan fingerprint density at radius 3 is 2.50 bits per heavy atom. The first-order valence-electron chi connectivity index (χ1n) is 7.69. The van der Waals surface area contributed by atoms with Crippen molar-refractivity contribution in [2.45, 2.75) is 18.4 Å². The molecule has 0 atom stereocenters. The van der Waals surface area contributed by atoms with E-state index in [1.54, 1.807) is 17.8 Å². The average molecular weight is 337 g/mol. The minimum atomic E-state index is -0.158. The zero-order valence-corrected chi connectivity index (χ0v) is 14.5. The van der Waals surface area contributed by atoms with Gasteiger partial charge >= 0.3 is 0 Å². The van der Waals surface area contributed by atoms with Gasteiger partial charge in [-0.25, -0.2) is 0 Å². The van der Waals surface area contributed by atoms with Gasteiger partial charge in [0.05, 0.1) is 5.69 Å². The Hall–Kier alpha value is -2.53. The van der Waals surface area contributed by atoms with Gasteiger partial charge in [-0.05, 0) is 36.9 Å². The van der Waals surface area contributed by atoms with Crippen LogP contribution >= 0.6 is 11.8 Å². The smallest absolute Gasteiger partial charge is 0.269 e. The molecule has 0 saturated carbocycles. The number of amides is 1. The first-order valence-corrected chi connectivity index (χ1v) is 8.92. The lowest BCUT2D eigenvalue weighted by Crippen LogP contribution is -2.23. The molecular formula is C19H19N3OS. The highest BCUT2D eigenvalue weighted by Crippen LogP contribution is 2.18. The Bertz CT molecular complexity index is 823. The predicted octanol–water partition coefficient (Wildman–Crippen LogP) is 4.04. The van der Waals surface area contributed by atoms with Crippen molar-refractivity contribution < 1.29 is 4.79 Å². The van der Waals surface area contributed by atoms with E-state index < -0.39 is 0 Å². The molecule has 0 aliphatic rings. The topological polar surface area (TPSA) is 57.8 Å². The lowest BCUT2D eigenvalue weighted by molar-refractivity contribution is 0.0946. The van der Waals surface area contributed by atoms with Crippen molar-refractivity contribution >= 4 is 17.7 Å². The summed E-state index contributed by atoms with van der Waals surface area (Å²) in [6.45, 7) is 2.53. The Balaban J connectivity index is 1.64. The largest absolute Gasteiger partial charge is 0.347 e. The molecule has 3 rings (SSSR count). The van der Waals surface area contributed by atoms with Gasteiger partial charge in [0.1, 0.15) is 5.69 Å². The number of rotatable bonds is 5. The Morgan fingerprint density at radius 1 is 1.12 bits per heavy atom. The van der Waals surface area contributed by atoms with Crippen molar-refractivity contribution in [2.24, 2.45) is 0 Å². The van der Waals surface area contributed by atoms with Gasteiger partial charge < -0.3 is 5.32 Å². The molecular weight excluding hydrogens is 318 g/mol. The van der Waals surface area contributed by atoms with Crippen LogP contribution in [0.25, 0.3) is 11.3 Å². The summed E-state index contributed by atoms with van der Waals surface area (Å²) in [5, 5.41) is 9.94. The molecule has 1 aromatic heterocycles. The van der Waals surface area contributed by atoms with Crippen LogP contribution < -0.4 is 5.32 Å². The van der Waals surface area contributed by atoms with Crippen molar-refractivity contribution in [1.82, 2.24) is 15.5 Å². The van der Waals surface area contributed by atoms with Crippen LogP contribution in [0.2, 0.25) is 0 Å². The van der Waals surface area contributed by atoms with E-state index in [0.29, 0.717) is 12.2 Å². The van der Waals surface area contributed by atoms with Crippen LogP contribution in [0.1, 0.15) is 21.6 Å². The highest BCUT2D eigenvalue weighted by atomic mass is 32.2. The number of benzene rings is 2. The van der Waals surface area contributed by atoms with Gasteiger partial charge in [0.25, 0.3) is 5.91 Å². The van der Waals surface area contributed by atoms with Gasteiger partial charge in [0, 0.05) is 17.0 Å². The molecule has 0 aliphatic carbocycles. The van der Waals surface area contributed by atoms with Gasteiger partial charge in [-0.2, -0.15) is 5.10 Å². The van der Waals surface area contributed by atoms with E-state index in [0.717, 1.165) is 16.8 Å². The number of H-pyrrole nitrogens is 1. The second-order valence-electron chi connectivity index (χ2n) is 5.56. The molecule has 0 unspecified atom stereocenters. The van der Waals surface area contributed by atoms with Crippen LogP contribution in [-0.2, 0) is 6.54 Å². The van der Waals surface area contributed by atoms with Crippen molar-refractivity contribution in [3.8, 4) is 11.3 Å². The van der Waals surface area contributed by atoms with Crippen LogP contribution in [-0.4, -0.2) is 22.4 Å². The van der Waals surface area contributed by atoms with E-state index >= 15 is 0 Å². The van der Waals surface area contributed by atoms with E-state index in [9.17, 15) is 4.79 Å².